The molecule has 2 aliphatic heterocycles. The third-order valence-corrected chi connectivity index (χ3v) is 5.63. The highest BCUT2D eigenvalue weighted by molar-refractivity contribution is 6.11. The van der Waals surface area contributed by atoms with Crippen molar-refractivity contribution in [1.82, 2.24) is 9.88 Å². The number of carbonyl (C=O) groups is 1. The largest absolute Gasteiger partial charge is 0.380 e. The number of aryl methyl sites for hydroxylation is 1. The fourth-order valence-electron chi connectivity index (χ4n) is 4.16. The van der Waals surface area contributed by atoms with Crippen molar-refractivity contribution in [2.45, 2.75) is 6.92 Å². The Bertz CT molecular complexity index is 1120. The van der Waals surface area contributed by atoms with Gasteiger partial charge in [0.05, 0.1) is 24.2 Å². The first-order valence-electron chi connectivity index (χ1n) is 9.43. The van der Waals surface area contributed by atoms with Crippen molar-refractivity contribution in [3.8, 4) is 0 Å². The maximum absolute atomic E-state index is 13.6. The average Bonchev–Trinajstić information content (AvgIpc) is 2.59. The molecule has 5 nitrogen and oxygen atoms in total. The first kappa shape index (κ1) is 18.0. The van der Waals surface area contributed by atoms with Crippen molar-refractivity contribution in [2.24, 2.45) is 5.41 Å². The van der Waals surface area contributed by atoms with Crippen LogP contribution in [0.3, 0.4) is 0 Å². The summed E-state index contributed by atoms with van der Waals surface area (Å²) in [6.07, 6.45) is 1.54. The first-order chi connectivity index (χ1) is 13.9. The standard InChI is InChI=1S/C22H19F2N3O2/c1-13-3-2-4-17-19(13)18(21(28)27-9-22(10-27)11-29-12-22)8-25-20(17)26-16-6-14(23)5-15(24)7-16/h2-8H,9-12H2,1H3,(H,25,26). The number of halogens is 2. The van der Waals surface area contributed by atoms with Crippen molar-refractivity contribution in [1.29, 1.82) is 0 Å². The van der Waals surface area contributed by atoms with E-state index in [1.807, 2.05) is 30.0 Å². The topological polar surface area (TPSA) is 54.5 Å². The summed E-state index contributed by atoms with van der Waals surface area (Å²) in [6.45, 7) is 4.75. The van der Waals surface area contributed by atoms with Gasteiger partial charge in [-0.1, -0.05) is 18.2 Å². The molecule has 5 rings (SSSR count). The number of amides is 1. The molecule has 2 aromatic carbocycles. The lowest BCUT2D eigenvalue weighted by atomic mass is 9.77. The number of carbonyl (C=O) groups excluding carboxylic acids is 1. The van der Waals surface area contributed by atoms with Gasteiger partial charge in [-0.3, -0.25) is 4.79 Å². The van der Waals surface area contributed by atoms with Crippen LogP contribution in [0.1, 0.15) is 15.9 Å². The molecule has 0 bridgehead atoms. The monoisotopic (exact) mass is 395 g/mol. The molecule has 1 amide bonds. The number of anilines is 2. The third kappa shape index (κ3) is 3.02. The van der Waals surface area contributed by atoms with E-state index in [1.54, 1.807) is 0 Å². The molecule has 1 aromatic heterocycles. The SMILES string of the molecule is Cc1cccc2c(Nc3cc(F)cc(F)c3)ncc(C(=O)N3CC4(COC4)C3)c12. The Kier molecular flexibility index (Phi) is 4.03. The summed E-state index contributed by atoms with van der Waals surface area (Å²) in [4.78, 5) is 19.3. The maximum Gasteiger partial charge on any atom is 0.256 e. The molecule has 3 aromatic rings. The smallest absolute Gasteiger partial charge is 0.256 e. The molecule has 2 aliphatic rings. The predicted molar refractivity (Wildman–Crippen MR) is 105 cm³/mol. The van der Waals surface area contributed by atoms with Gasteiger partial charge in [-0.25, -0.2) is 13.8 Å². The number of fused-ring (bicyclic) bond motifs is 1. The summed E-state index contributed by atoms with van der Waals surface area (Å²) >= 11 is 0. The van der Waals surface area contributed by atoms with Crippen LogP contribution in [0, 0.1) is 24.0 Å². The Balaban J connectivity index is 1.52. The molecule has 0 radical (unpaired) electrons. The van der Waals surface area contributed by atoms with Gasteiger partial charge in [0, 0.05) is 41.8 Å². The summed E-state index contributed by atoms with van der Waals surface area (Å²) < 4.78 is 32.4. The van der Waals surface area contributed by atoms with Crippen molar-refractivity contribution < 1.29 is 18.3 Å². The quantitative estimate of drug-likeness (QED) is 0.727. The van der Waals surface area contributed by atoms with Gasteiger partial charge in [0.1, 0.15) is 17.5 Å². The molecule has 1 N–H and O–H groups in total. The molecule has 29 heavy (non-hydrogen) atoms. The number of likely N-dealkylation sites (tertiary alicyclic amines) is 1. The van der Waals surface area contributed by atoms with E-state index >= 15 is 0 Å². The molecule has 3 heterocycles. The number of nitrogens with zero attached hydrogens (tertiary/aromatic N) is 2. The molecule has 148 valence electrons. The van der Waals surface area contributed by atoms with Crippen molar-refractivity contribution in [2.75, 3.05) is 31.6 Å². The minimum atomic E-state index is -0.675. The van der Waals surface area contributed by atoms with Crippen molar-refractivity contribution >= 4 is 28.2 Å². The van der Waals surface area contributed by atoms with Crippen LogP contribution in [0.2, 0.25) is 0 Å². The lowest BCUT2D eigenvalue weighted by molar-refractivity contribution is -0.176. The number of ether oxygens (including phenoxy) is 1. The zero-order chi connectivity index (χ0) is 20.2. The summed E-state index contributed by atoms with van der Waals surface area (Å²) in [6, 6.07) is 8.87. The summed E-state index contributed by atoms with van der Waals surface area (Å²) in [5.41, 5.74) is 1.86. The predicted octanol–water partition coefficient (Wildman–Crippen LogP) is 4.04. The van der Waals surface area contributed by atoms with Crippen LogP contribution in [0.4, 0.5) is 20.3 Å². The van der Waals surface area contributed by atoms with E-state index in [-0.39, 0.29) is 17.0 Å². The summed E-state index contributed by atoms with van der Waals surface area (Å²) in [7, 11) is 0. The molecule has 0 aliphatic carbocycles. The molecule has 2 fully saturated rings. The van der Waals surface area contributed by atoms with Gasteiger partial charge in [0.15, 0.2) is 0 Å². The fourth-order valence-corrected chi connectivity index (χ4v) is 4.16. The lowest BCUT2D eigenvalue weighted by Crippen LogP contribution is -2.67. The second-order valence-corrected chi connectivity index (χ2v) is 7.96. The minimum absolute atomic E-state index is 0.0577. The second kappa shape index (κ2) is 6.49. The molecule has 2 saturated heterocycles. The number of hydrogen-bond donors (Lipinski definition) is 1. The Morgan fingerprint density at radius 1 is 1.17 bits per heavy atom. The number of nitrogens with one attached hydrogen (secondary N) is 1. The van der Waals surface area contributed by atoms with Crippen molar-refractivity contribution in [3.63, 3.8) is 0 Å². The molecule has 1 spiro atoms. The number of rotatable bonds is 3. The normalized spacial score (nSPS) is 17.1. The van der Waals surface area contributed by atoms with Crippen LogP contribution in [-0.4, -0.2) is 42.1 Å². The number of hydrogen-bond acceptors (Lipinski definition) is 4. The van der Waals surface area contributed by atoms with Gasteiger partial charge in [0.25, 0.3) is 5.91 Å². The fraction of sp³-hybridized carbons (Fsp3) is 0.273. The van der Waals surface area contributed by atoms with Gasteiger partial charge in [-0.2, -0.15) is 0 Å². The number of pyridine rings is 1. The van der Waals surface area contributed by atoms with E-state index in [4.69, 9.17) is 4.74 Å². The van der Waals surface area contributed by atoms with Crippen LogP contribution in [0.15, 0.2) is 42.6 Å². The highest BCUT2D eigenvalue weighted by Crippen LogP contribution is 2.39. The summed E-state index contributed by atoms with van der Waals surface area (Å²) in [5, 5.41) is 4.49. The first-order valence-corrected chi connectivity index (χ1v) is 9.43. The highest BCUT2D eigenvalue weighted by atomic mass is 19.1. The average molecular weight is 395 g/mol. The Hall–Kier alpha value is -3.06. The molecule has 7 heteroatoms. The minimum Gasteiger partial charge on any atom is -0.380 e. The van der Waals surface area contributed by atoms with E-state index in [0.29, 0.717) is 37.7 Å². The Morgan fingerprint density at radius 2 is 1.90 bits per heavy atom. The van der Waals surface area contributed by atoms with E-state index in [0.717, 1.165) is 22.4 Å². The molecule has 0 atom stereocenters. The van der Waals surface area contributed by atoms with E-state index in [1.165, 1.54) is 18.3 Å². The maximum atomic E-state index is 13.6. The van der Waals surface area contributed by atoms with Crippen molar-refractivity contribution in [3.05, 3.63) is 65.4 Å². The van der Waals surface area contributed by atoms with Gasteiger partial charge < -0.3 is 15.0 Å². The van der Waals surface area contributed by atoms with Gasteiger partial charge in [0.2, 0.25) is 0 Å². The molecule has 0 saturated carbocycles. The second-order valence-electron chi connectivity index (χ2n) is 7.96. The third-order valence-electron chi connectivity index (χ3n) is 5.63. The van der Waals surface area contributed by atoms with E-state index in [9.17, 15) is 13.6 Å². The number of benzene rings is 2. The van der Waals surface area contributed by atoms with Crippen LogP contribution in [0.5, 0.6) is 0 Å². The van der Waals surface area contributed by atoms with Gasteiger partial charge in [-0.05, 0) is 24.6 Å². The Morgan fingerprint density at radius 3 is 2.55 bits per heavy atom. The molecule has 0 unspecified atom stereocenters. The van der Waals surface area contributed by atoms with E-state index < -0.39 is 11.6 Å². The zero-order valence-corrected chi connectivity index (χ0v) is 15.8. The van der Waals surface area contributed by atoms with Crippen LogP contribution in [-0.2, 0) is 4.74 Å². The van der Waals surface area contributed by atoms with Gasteiger partial charge >= 0.3 is 0 Å². The summed E-state index contributed by atoms with van der Waals surface area (Å²) in [5.74, 6) is -0.965. The Labute approximate surface area is 166 Å². The molecular formula is C22H19F2N3O2. The van der Waals surface area contributed by atoms with Crippen LogP contribution in [0.25, 0.3) is 10.8 Å². The van der Waals surface area contributed by atoms with E-state index in [2.05, 4.69) is 10.3 Å². The van der Waals surface area contributed by atoms with Crippen LogP contribution >= 0.6 is 0 Å². The highest BCUT2D eigenvalue weighted by Gasteiger charge is 2.50. The van der Waals surface area contributed by atoms with Gasteiger partial charge in [-0.15, -0.1) is 0 Å². The zero-order valence-electron chi connectivity index (χ0n) is 15.8. The lowest BCUT2D eigenvalue weighted by Gasteiger charge is -2.54. The molecular weight excluding hydrogens is 376 g/mol. The van der Waals surface area contributed by atoms with Crippen LogP contribution < -0.4 is 5.32 Å². The number of aromatic nitrogens is 1.